The molecule has 0 saturated carbocycles. The van der Waals surface area contributed by atoms with E-state index in [1.165, 1.54) is 0 Å². The largest absolute Gasteiger partial charge is 0.493 e. The summed E-state index contributed by atoms with van der Waals surface area (Å²) in [5.41, 5.74) is 1.59. The Kier molecular flexibility index (Phi) is 8.59. The van der Waals surface area contributed by atoms with Gasteiger partial charge in [-0.3, -0.25) is 9.69 Å². The standard InChI is InChI=1S/C28H32N2O5/c1-3-34-26-13-12-21(19-27(26)32-2)25(30-14-16-33-17-15-30)20-29-28(31)22-8-7-11-24(18-22)35-23-9-5-4-6-10-23/h4-13,18-19,25H,3,14-17,20H2,1-2H3,(H,29,31)/t25-/m0/s1. The third-order valence-electron chi connectivity index (χ3n) is 5.89. The zero-order valence-corrected chi connectivity index (χ0v) is 20.2. The predicted molar refractivity (Wildman–Crippen MR) is 135 cm³/mol. The molecular formula is C28H32N2O5. The molecule has 1 aliphatic rings. The van der Waals surface area contributed by atoms with Gasteiger partial charge in [-0.2, -0.15) is 0 Å². The average Bonchev–Trinajstić information content (AvgIpc) is 2.91. The molecule has 1 atom stereocenters. The highest BCUT2D eigenvalue weighted by Gasteiger charge is 2.24. The van der Waals surface area contributed by atoms with Crippen molar-refractivity contribution in [2.75, 3.05) is 46.6 Å². The van der Waals surface area contributed by atoms with Gasteiger partial charge >= 0.3 is 0 Å². The molecule has 3 aromatic rings. The summed E-state index contributed by atoms with van der Waals surface area (Å²) in [7, 11) is 1.64. The first kappa shape index (κ1) is 24.6. The molecule has 184 valence electrons. The minimum Gasteiger partial charge on any atom is -0.493 e. The van der Waals surface area contributed by atoms with E-state index in [4.69, 9.17) is 18.9 Å². The lowest BCUT2D eigenvalue weighted by Gasteiger charge is -2.35. The second-order valence-electron chi connectivity index (χ2n) is 8.16. The number of carbonyl (C=O) groups excluding carboxylic acids is 1. The normalized spacial score (nSPS) is 14.7. The molecule has 1 amide bonds. The highest BCUT2D eigenvalue weighted by Crippen LogP contribution is 2.32. The van der Waals surface area contributed by atoms with E-state index in [9.17, 15) is 4.79 Å². The van der Waals surface area contributed by atoms with Gasteiger partial charge in [-0.15, -0.1) is 0 Å². The topological polar surface area (TPSA) is 69.3 Å². The van der Waals surface area contributed by atoms with Crippen molar-refractivity contribution in [1.29, 1.82) is 0 Å². The van der Waals surface area contributed by atoms with Crippen molar-refractivity contribution in [3.05, 3.63) is 83.9 Å². The number of morpholine rings is 1. The van der Waals surface area contributed by atoms with Gasteiger partial charge in [0.1, 0.15) is 11.5 Å². The Morgan fingerprint density at radius 1 is 0.971 bits per heavy atom. The van der Waals surface area contributed by atoms with Crippen LogP contribution in [0.5, 0.6) is 23.0 Å². The van der Waals surface area contributed by atoms with Crippen molar-refractivity contribution in [1.82, 2.24) is 10.2 Å². The van der Waals surface area contributed by atoms with Gasteiger partial charge in [-0.25, -0.2) is 0 Å². The fourth-order valence-corrected chi connectivity index (χ4v) is 4.13. The van der Waals surface area contributed by atoms with Crippen LogP contribution in [0, 0.1) is 0 Å². The molecule has 0 spiro atoms. The van der Waals surface area contributed by atoms with E-state index in [1.54, 1.807) is 19.2 Å². The maximum atomic E-state index is 13.1. The molecule has 3 aromatic carbocycles. The molecule has 1 aliphatic heterocycles. The second kappa shape index (κ2) is 12.2. The average molecular weight is 477 g/mol. The number of benzene rings is 3. The van der Waals surface area contributed by atoms with Crippen LogP contribution in [0.15, 0.2) is 72.8 Å². The molecule has 35 heavy (non-hydrogen) atoms. The molecule has 1 fully saturated rings. The number of hydrogen-bond donors (Lipinski definition) is 1. The number of carbonyl (C=O) groups is 1. The second-order valence-corrected chi connectivity index (χ2v) is 8.16. The lowest BCUT2D eigenvalue weighted by Crippen LogP contribution is -2.43. The lowest BCUT2D eigenvalue weighted by atomic mass is 10.0. The number of amides is 1. The minimum absolute atomic E-state index is 0.0313. The molecule has 7 nitrogen and oxygen atoms in total. The number of nitrogens with one attached hydrogen (secondary N) is 1. The minimum atomic E-state index is -0.153. The van der Waals surface area contributed by atoms with Crippen LogP contribution in [0.25, 0.3) is 0 Å². The van der Waals surface area contributed by atoms with Crippen molar-refractivity contribution in [3.63, 3.8) is 0 Å². The Labute approximate surface area is 206 Å². The molecule has 0 radical (unpaired) electrons. The molecule has 0 aliphatic carbocycles. The fourth-order valence-electron chi connectivity index (χ4n) is 4.13. The lowest BCUT2D eigenvalue weighted by molar-refractivity contribution is 0.0162. The molecule has 1 heterocycles. The van der Waals surface area contributed by atoms with Gasteiger partial charge in [-0.1, -0.05) is 30.3 Å². The summed E-state index contributed by atoms with van der Waals surface area (Å²) in [4.78, 5) is 15.4. The molecule has 1 saturated heterocycles. The van der Waals surface area contributed by atoms with Crippen LogP contribution in [0.2, 0.25) is 0 Å². The summed E-state index contributed by atoms with van der Waals surface area (Å²) < 4.78 is 22.7. The van der Waals surface area contributed by atoms with Crippen molar-refractivity contribution in [2.24, 2.45) is 0 Å². The van der Waals surface area contributed by atoms with E-state index in [2.05, 4.69) is 10.2 Å². The number of nitrogens with zero attached hydrogens (tertiary/aromatic N) is 1. The van der Waals surface area contributed by atoms with Gasteiger partial charge in [0.15, 0.2) is 11.5 Å². The highest BCUT2D eigenvalue weighted by molar-refractivity contribution is 5.94. The van der Waals surface area contributed by atoms with Crippen LogP contribution in [0.3, 0.4) is 0 Å². The van der Waals surface area contributed by atoms with Crippen LogP contribution < -0.4 is 19.5 Å². The van der Waals surface area contributed by atoms with Gasteiger partial charge in [0, 0.05) is 25.2 Å². The van der Waals surface area contributed by atoms with E-state index in [0.717, 1.165) is 24.4 Å². The number of methoxy groups -OCH3 is 1. The zero-order chi connectivity index (χ0) is 24.5. The summed E-state index contributed by atoms with van der Waals surface area (Å²) >= 11 is 0. The Morgan fingerprint density at radius 3 is 2.49 bits per heavy atom. The maximum Gasteiger partial charge on any atom is 0.251 e. The summed E-state index contributed by atoms with van der Waals surface area (Å²) in [5.74, 6) is 2.57. The molecule has 0 aromatic heterocycles. The molecular weight excluding hydrogens is 444 g/mol. The van der Waals surface area contributed by atoms with Crippen LogP contribution in [-0.2, 0) is 4.74 Å². The Bertz CT molecular complexity index is 1100. The van der Waals surface area contributed by atoms with E-state index >= 15 is 0 Å². The molecule has 0 unspecified atom stereocenters. The SMILES string of the molecule is CCOc1ccc([C@H](CNC(=O)c2cccc(Oc3ccccc3)c2)N2CCOCC2)cc1OC. The van der Waals surface area contributed by atoms with Crippen molar-refractivity contribution >= 4 is 5.91 Å². The van der Waals surface area contributed by atoms with Crippen molar-refractivity contribution < 1.29 is 23.7 Å². The number of hydrogen-bond acceptors (Lipinski definition) is 6. The Morgan fingerprint density at radius 2 is 1.74 bits per heavy atom. The zero-order valence-electron chi connectivity index (χ0n) is 20.2. The molecule has 4 rings (SSSR count). The van der Waals surface area contributed by atoms with Crippen molar-refractivity contribution in [3.8, 4) is 23.0 Å². The highest BCUT2D eigenvalue weighted by atomic mass is 16.5. The third-order valence-corrected chi connectivity index (χ3v) is 5.89. The summed E-state index contributed by atoms with van der Waals surface area (Å²) in [5, 5.41) is 3.11. The van der Waals surface area contributed by atoms with Crippen LogP contribution in [-0.4, -0.2) is 57.4 Å². The predicted octanol–water partition coefficient (Wildman–Crippen LogP) is 4.69. The van der Waals surface area contributed by atoms with Crippen LogP contribution in [0.4, 0.5) is 0 Å². The Hall–Kier alpha value is -3.55. The molecule has 1 N–H and O–H groups in total. The monoisotopic (exact) mass is 476 g/mol. The third kappa shape index (κ3) is 6.53. The van der Waals surface area contributed by atoms with Gasteiger partial charge in [0.2, 0.25) is 0 Å². The van der Waals surface area contributed by atoms with Crippen LogP contribution >= 0.6 is 0 Å². The number of rotatable bonds is 10. The van der Waals surface area contributed by atoms with E-state index < -0.39 is 0 Å². The Balaban J connectivity index is 1.49. The fraction of sp³-hybridized carbons (Fsp3) is 0.321. The molecule has 7 heteroatoms. The van der Waals surface area contributed by atoms with Crippen molar-refractivity contribution in [2.45, 2.75) is 13.0 Å². The van der Waals surface area contributed by atoms with Gasteiger partial charge in [0.05, 0.1) is 33.0 Å². The summed E-state index contributed by atoms with van der Waals surface area (Å²) in [6, 6.07) is 22.6. The van der Waals surface area contributed by atoms with Crippen LogP contribution in [0.1, 0.15) is 28.9 Å². The summed E-state index contributed by atoms with van der Waals surface area (Å²) in [6.07, 6.45) is 0. The maximum absolute atomic E-state index is 13.1. The first-order chi connectivity index (χ1) is 17.2. The first-order valence-electron chi connectivity index (χ1n) is 11.9. The van der Waals surface area contributed by atoms with Gasteiger partial charge < -0.3 is 24.3 Å². The molecule has 0 bridgehead atoms. The van der Waals surface area contributed by atoms with E-state index in [-0.39, 0.29) is 11.9 Å². The van der Waals surface area contributed by atoms with E-state index in [1.807, 2.05) is 67.6 Å². The summed E-state index contributed by atoms with van der Waals surface area (Å²) in [6.45, 7) is 5.85. The quantitative estimate of drug-likeness (QED) is 0.458. The number of ether oxygens (including phenoxy) is 4. The van der Waals surface area contributed by atoms with Gasteiger partial charge in [-0.05, 0) is 55.0 Å². The first-order valence-corrected chi connectivity index (χ1v) is 11.9. The van der Waals surface area contributed by atoms with Gasteiger partial charge in [0.25, 0.3) is 5.91 Å². The van der Waals surface area contributed by atoms with E-state index in [0.29, 0.717) is 49.2 Å². The smallest absolute Gasteiger partial charge is 0.251 e. The number of para-hydroxylation sites is 1.